The Kier molecular flexibility index (Phi) is 3.29. The minimum atomic E-state index is -0.290. The number of ether oxygens (including phenoxy) is 1. The Morgan fingerprint density at radius 2 is 2.26 bits per heavy atom. The van der Waals surface area contributed by atoms with Crippen molar-refractivity contribution >= 4 is 12.0 Å². The van der Waals surface area contributed by atoms with Gasteiger partial charge in [0.25, 0.3) is 5.91 Å². The van der Waals surface area contributed by atoms with Crippen LogP contribution in [0.3, 0.4) is 0 Å². The Bertz CT molecular complexity index is 724. The summed E-state index contributed by atoms with van der Waals surface area (Å²) in [5.41, 5.74) is 0. The SMILES string of the molecule is O=C(c1ccc(Cn2cccn2)o1)N1CCN2C(=O)OC[C@H]2C1. The lowest BCUT2D eigenvalue weighted by atomic mass is 10.2. The van der Waals surface area contributed by atoms with Crippen molar-refractivity contribution in [3.05, 3.63) is 42.1 Å². The first-order chi connectivity index (χ1) is 11.2. The second-order valence-corrected chi connectivity index (χ2v) is 5.64. The van der Waals surface area contributed by atoms with E-state index in [1.807, 2.05) is 12.3 Å². The summed E-state index contributed by atoms with van der Waals surface area (Å²) in [5.74, 6) is 0.830. The predicted octanol–water partition coefficient (Wildman–Crippen LogP) is 0.801. The summed E-state index contributed by atoms with van der Waals surface area (Å²) in [5, 5.41) is 4.11. The highest BCUT2D eigenvalue weighted by molar-refractivity contribution is 5.91. The number of piperazine rings is 1. The highest BCUT2D eigenvalue weighted by atomic mass is 16.6. The van der Waals surface area contributed by atoms with Gasteiger partial charge in [0.15, 0.2) is 5.76 Å². The van der Waals surface area contributed by atoms with Crippen LogP contribution in [0.15, 0.2) is 35.0 Å². The molecule has 0 aromatic carbocycles. The molecule has 120 valence electrons. The van der Waals surface area contributed by atoms with Crippen LogP contribution in [-0.2, 0) is 11.3 Å². The number of fused-ring (bicyclic) bond motifs is 1. The van der Waals surface area contributed by atoms with Gasteiger partial charge in [-0.2, -0.15) is 5.10 Å². The average molecular weight is 316 g/mol. The van der Waals surface area contributed by atoms with Crippen LogP contribution in [0.4, 0.5) is 4.79 Å². The number of amides is 2. The molecule has 2 aromatic heterocycles. The van der Waals surface area contributed by atoms with Crippen molar-refractivity contribution in [2.24, 2.45) is 0 Å². The van der Waals surface area contributed by atoms with Gasteiger partial charge in [-0.15, -0.1) is 0 Å². The molecule has 2 amide bonds. The van der Waals surface area contributed by atoms with Gasteiger partial charge < -0.3 is 14.1 Å². The zero-order valence-electron chi connectivity index (χ0n) is 12.4. The monoisotopic (exact) mass is 316 g/mol. The molecule has 2 aromatic rings. The van der Waals surface area contributed by atoms with Crippen LogP contribution in [0.5, 0.6) is 0 Å². The minimum absolute atomic E-state index is 0.0568. The van der Waals surface area contributed by atoms with E-state index in [0.29, 0.717) is 44.3 Å². The molecular weight excluding hydrogens is 300 g/mol. The van der Waals surface area contributed by atoms with Crippen molar-refractivity contribution in [3.63, 3.8) is 0 Å². The molecule has 0 saturated carbocycles. The van der Waals surface area contributed by atoms with Gasteiger partial charge in [-0.05, 0) is 18.2 Å². The molecule has 2 aliphatic heterocycles. The molecular formula is C15H16N4O4. The van der Waals surface area contributed by atoms with E-state index in [-0.39, 0.29) is 18.0 Å². The van der Waals surface area contributed by atoms with Crippen molar-refractivity contribution in [1.29, 1.82) is 0 Å². The van der Waals surface area contributed by atoms with Crippen LogP contribution in [0.2, 0.25) is 0 Å². The Balaban J connectivity index is 1.43. The van der Waals surface area contributed by atoms with Crippen molar-refractivity contribution in [2.75, 3.05) is 26.2 Å². The van der Waals surface area contributed by atoms with Gasteiger partial charge in [0.1, 0.15) is 12.4 Å². The molecule has 0 bridgehead atoms. The fourth-order valence-corrected chi connectivity index (χ4v) is 2.96. The molecule has 0 radical (unpaired) electrons. The molecule has 2 fully saturated rings. The molecule has 23 heavy (non-hydrogen) atoms. The molecule has 4 rings (SSSR count). The van der Waals surface area contributed by atoms with Crippen molar-refractivity contribution in [2.45, 2.75) is 12.6 Å². The molecule has 2 saturated heterocycles. The van der Waals surface area contributed by atoms with Gasteiger partial charge in [0, 0.05) is 32.0 Å². The van der Waals surface area contributed by atoms with Crippen LogP contribution in [-0.4, -0.2) is 63.9 Å². The summed E-state index contributed by atoms with van der Waals surface area (Å²) in [6, 6.07) is 5.25. The Hall–Kier alpha value is -2.77. The van der Waals surface area contributed by atoms with Gasteiger partial charge in [0.2, 0.25) is 0 Å². The lowest BCUT2D eigenvalue weighted by molar-refractivity contribution is 0.0584. The first-order valence-corrected chi connectivity index (χ1v) is 7.49. The zero-order chi connectivity index (χ0) is 15.8. The lowest BCUT2D eigenvalue weighted by Gasteiger charge is -2.34. The van der Waals surface area contributed by atoms with Crippen LogP contribution in [0, 0.1) is 0 Å². The van der Waals surface area contributed by atoms with Gasteiger partial charge in [-0.25, -0.2) is 4.79 Å². The van der Waals surface area contributed by atoms with Crippen LogP contribution in [0.1, 0.15) is 16.3 Å². The maximum atomic E-state index is 12.6. The van der Waals surface area contributed by atoms with Gasteiger partial charge in [-0.3, -0.25) is 14.4 Å². The summed E-state index contributed by atoms with van der Waals surface area (Å²) in [7, 11) is 0. The van der Waals surface area contributed by atoms with E-state index in [1.165, 1.54) is 0 Å². The molecule has 1 atom stereocenters. The van der Waals surface area contributed by atoms with E-state index in [1.54, 1.807) is 32.8 Å². The number of cyclic esters (lactones) is 1. The number of nitrogens with zero attached hydrogens (tertiary/aromatic N) is 4. The summed E-state index contributed by atoms with van der Waals surface area (Å²) < 4.78 is 12.4. The van der Waals surface area contributed by atoms with Gasteiger partial charge >= 0.3 is 6.09 Å². The maximum absolute atomic E-state index is 12.6. The molecule has 8 nitrogen and oxygen atoms in total. The fraction of sp³-hybridized carbons (Fsp3) is 0.400. The van der Waals surface area contributed by atoms with Crippen LogP contribution in [0.25, 0.3) is 0 Å². The highest BCUT2D eigenvalue weighted by Gasteiger charge is 2.39. The lowest BCUT2D eigenvalue weighted by Crippen LogP contribution is -2.53. The summed E-state index contributed by atoms with van der Waals surface area (Å²) >= 11 is 0. The van der Waals surface area contributed by atoms with Gasteiger partial charge in [0.05, 0.1) is 12.6 Å². The minimum Gasteiger partial charge on any atom is -0.454 e. The molecule has 4 heterocycles. The molecule has 0 N–H and O–H groups in total. The normalized spacial score (nSPS) is 20.5. The molecule has 2 aliphatic rings. The van der Waals surface area contributed by atoms with Gasteiger partial charge in [-0.1, -0.05) is 0 Å². The van der Waals surface area contributed by atoms with E-state index < -0.39 is 0 Å². The highest BCUT2D eigenvalue weighted by Crippen LogP contribution is 2.20. The number of carbonyl (C=O) groups is 2. The van der Waals surface area contributed by atoms with Crippen molar-refractivity contribution < 1.29 is 18.7 Å². The number of carbonyl (C=O) groups excluding carboxylic acids is 2. The van der Waals surface area contributed by atoms with E-state index >= 15 is 0 Å². The number of hydrogen-bond acceptors (Lipinski definition) is 5. The summed E-state index contributed by atoms with van der Waals surface area (Å²) in [6.45, 7) is 2.28. The van der Waals surface area contributed by atoms with E-state index in [2.05, 4.69) is 5.10 Å². The maximum Gasteiger partial charge on any atom is 0.410 e. The van der Waals surface area contributed by atoms with E-state index in [4.69, 9.17) is 9.15 Å². The predicted molar refractivity (Wildman–Crippen MR) is 77.8 cm³/mol. The average Bonchev–Trinajstić information content (AvgIpc) is 3.29. The van der Waals surface area contributed by atoms with Crippen molar-refractivity contribution in [3.8, 4) is 0 Å². The first-order valence-electron chi connectivity index (χ1n) is 7.49. The second kappa shape index (κ2) is 5.45. The molecule has 0 aliphatic carbocycles. The number of hydrogen-bond donors (Lipinski definition) is 0. The standard InChI is InChI=1S/C15H16N4O4/c20-14(17-6-7-19-11(8-17)10-22-15(19)21)13-3-2-12(23-13)9-18-5-1-4-16-18/h1-5,11H,6-10H2/t11-/m1/s1. The Morgan fingerprint density at radius 1 is 1.35 bits per heavy atom. The Labute approximate surface area is 132 Å². The summed E-state index contributed by atoms with van der Waals surface area (Å²) in [6.07, 6.45) is 3.24. The van der Waals surface area contributed by atoms with E-state index in [0.717, 1.165) is 0 Å². The smallest absolute Gasteiger partial charge is 0.410 e. The number of furan rings is 1. The third-order valence-corrected chi connectivity index (χ3v) is 4.15. The molecule has 0 unspecified atom stereocenters. The zero-order valence-corrected chi connectivity index (χ0v) is 12.4. The third-order valence-electron chi connectivity index (χ3n) is 4.15. The number of aromatic nitrogens is 2. The fourth-order valence-electron chi connectivity index (χ4n) is 2.96. The first kappa shape index (κ1) is 13.9. The number of rotatable bonds is 3. The quantitative estimate of drug-likeness (QED) is 0.837. The second-order valence-electron chi connectivity index (χ2n) is 5.64. The largest absolute Gasteiger partial charge is 0.454 e. The van der Waals surface area contributed by atoms with Crippen LogP contribution >= 0.6 is 0 Å². The Morgan fingerprint density at radius 3 is 3.09 bits per heavy atom. The van der Waals surface area contributed by atoms with Crippen LogP contribution < -0.4 is 0 Å². The summed E-state index contributed by atoms with van der Waals surface area (Å²) in [4.78, 5) is 27.4. The van der Waals surface area contributed by atoms with Crippen molar-refractivity contribution in [1.82, 2.24) is 19.6 Å². The van der Waals surface area contributed by atoms with E-state index in [9.17, 15) is 9.59 Å². The third kappa shape index (κ3) is 2.56. The molecule has 8 heteroatoms. The topological polar surface area (TPSA) is 80.8 Å². The molecule has 0 spiro atoms.